The molecule has 0 saturated carbocycles. The van der Waals surface area contributed by atoms with E-state index in [2.05, 4.69) is 5.32 Å². The van der Waals surface area contributed by atoms with Crippen LogP contribution < -0.4 is 10.2 Å². The van der Waals surface area contributed by atoms with E-state index in [1.807, 2.05) is 31.2 Å². The highest BCUT2D eigenvalue weighted by Crippen LogP contribution is 2.26. The van der Waals surface area contributed by atoms with E-state index in [1.54, 1.807) is 30.1 Å². The summed E-state index contributed by atoms with van der Waals surface area (Å²) >= 11 is 0. The minimum Gasteiger partial charge on any atom is -0.326 e. The van der Waals surface area contributed by atoms with Gasteiger partial charge < -0.3 is 10.2 Å². The molecule has 0 fully saturated rings. The number of anilines is 2. The number of carbonyl (C=O) groups excluding carboxylic acids is 2. The number of nitrogens with zero attached hydrogens (tertiary/aromatic N) is 1. The van der Waals surface area contributed by atoms with Crippen molar-refractivity contribution < 1.29 is 9.59 Å². The molecule has 0 radical (unpaired) electrons. The number of hydrogen-bond donors (Lipinski definition) is 1. The molecule has 3 rings (SSSR count). The highest BCUT2D eigenvalue weighted by Gasteiger charge is 2.21. The summed E-state index contributed by atoms with van der Waals surface area (Å²) in [5, 5.41) is 2.77. The van der Waals surface area contributed by atoms with Crippen molar-refractivity contribution in [2.24, 2.45) is 0 Å². The van der Waals surface area contributed by atoms with Crippen LogP contribution in [-0.2, 0) is 11.2 Å². The van der Waals surface area contributed by atoms with E-state index >= 15 is 0 Å². The Kier molecular flexibility index (Phi) is 3.22. The second-order valence-electron chi connectivity index (χ2n) is 5.25. The molecule has 106 valence electrons. The highest BCUT2D eigenvalue weighted by atomic mass is 16.2. The third-order valence-corrected chi connectivity index (χ3v) is 3.76. The minimum atomic E-state index is -0.0774. The first-order valence-electron chi connectivity index (χ1n) is 6.83. The van der Waals surface area contributed by atoms with E-state index in [0.717, 1.165) is 22.5 Å². The molecule has 2 aromatic carbocycles. The van der Waals surface area contributed by atoms with Crippen LogP contribution in [-0.4, -0.2) is 18.9 Å². The van der Waals surface area contributed by atoms with Crippen LogP contribution in [0.2, 0.25) is 0 Å². The van der Waals surface area contributed by atoms with Crippen molar-refractivity contribution in [1.82, 2.24) is 0 Å². The predicted molar refractivity (Wildman–Crippen MR) is 82.7 cm³/mol. The van der Waals surface area contributed by atoms with E-state index in [0.29, 0.717) is 12.0 Å². The molecule has 21 heavy (non-hydrogen) atoms. The van der Waals surface area contributed by atoms with E-state index in [4.69, 9.17) is 0 Å². The number of hydrogen-bond acceptors (Lipinski definition) is 2. The molecule has 1 aliphatic heterocycles. The second kappa shape index (κ2) is 5.05. The van der Waals surface area contributed by atoms with Crippen molar-refractivity contribution in [3.05, 3.63) is 59.2 Å². The number of carbonyl (C=O) groups is 2. The number of fused-ring (bicyclic) bond motifs is 1. The fraction of sp³-hybridized carbons (Fsp3) is 0.176. The van der Waals surface area contributed by atoms with Crippen LogP contribution in [0.4, 0.5) is 11.4 Å². The zero-order valence-corrected chi connectivity index (χ0v) is 12.0. The van der Waals surface area contributed by atoms with Gasteiger partial charge in [0.05, 0.1) is 6.42 Å². The van der Waals surface area contributed by atoms with Crippen LogP contribution in [0.25, 0.3) is 0 Å². The lowest BCUT2D eigenvalue weighted by Gasteiger charge is -2.19. The summed E-state index contributed by atoms with van der Waals surface area (Å²) in [7, 11) is 1.77. The zero-order chi connectivity index (χ0) is 15.0. The summed E-state index contributed by atoms with van der Waals surface area (Å²) in [5.74, 6) is -0.103. The Morgan fingerprint density at radius 3 is 2.71 bits per heavy atom. The van der Waals surface area contributed by atoms with Gasteiger partial charge in [0, 0.05) is 24.0 Å². The Hall–Kier alpha value is -2.62. The van der Waals surface area contributed by atoms with Gasteiger partial charge in [0.2, 0.25) is 5.91 Å². The van der Waals surface area contributed by atoms with E-state index < -0.39 is 0 Å². The standard InChI is InChI=1S/C17H16N2O2/c1-11-5-3-4-6-15(11)19(2)17(21)12-7-8-14-13(9-12)10-16(20)18-14/h3-9H,10H2,1-2H3,(H,18,20). The van der Waals surface area contributed by atoms with Crippen molar-refractivity contribution in [2.75, 3.05) is 17.3 Å². The van der Waals surface area contributed by atoms with E-state index in [-0.39, 0.29) is 11.8 Å². The molecule has 0 saturated heterocycles. The number of nitrogens with one attached hydrogen (secondary N) is 1. The molecule has 2 aromatic rings. The van der Waals surface area contributed by atoms with Gasteiger partial charge in [-0.05, 0) is 42.3 Å². The fourth-order valence-electron chi connectivity index (χ4n) is 2.61. The molecule has 1 N–H and O–H groups in total. The quantitative estimate of drug-likeness (QED) is 0.919. The van der Waals surface area contributed by atoms with Gasteiger partial charge in [0.25, 0.3) is 5.91 Å². The molecule has 1 aliphatic rings. The number of aryl methyl sites for hydroxylation is 1. The molecular formula is C17H16N2O2. The van der Waals surface area contributed by atoms with E-state index in [9.17, 15) is 9.59 Å². The molecule has 0 spiro atoms. The van der Waals surface area contributed by atoms with Crippen LogP contribution in [0, 0.1) is 6.92 Å². The van der Waals surface area contributed by atoms with Crippen LogP contribution in [0.3, 0.4) is 0 Å². The second-order valence-corrected chi connectivity index (χ2v) is 5.25. The minimum absolute atomic E-state index is 0.0261. The third kappa shape index (κ3) is 2.40. The molecule has 0 bridgehead atoms. The summed E-state index contributed by atoms with van der Waals surface area (Å²) in [4.78, 5) is 25.6. The molecule has 0 unspecified atom stereocenters. The summed E-state index contributed by atoms with van der Waals surface area (Å²) in [6.45, 7) is 1.98. The maximum atomic E-state index is 12.6. The Labute approximate surface area is 123 Å². The molecule has 4 heteroatoms. The van der Waals surface area contributed by atoms with Gasteiger partial charge in [-0.3, -0.25) is 9.59 Å². The third-order valence-electron chi connectivity index (χ3n) is 3.76. The van der Waals surface area contributed by atoms with Gasteiger partial charge in [-0.2, -0.15) is 0 Å². The van der Waals surface area contributed by atoms with Crippen LogP contribution >= 0.6 is 0 Å². The Morgan fingerprint density at radius 2 is 1.95 bits per heavy atom. The number of para-hydroxylation sites is 1. The van der Waals surface area contributed by atoms with Crippen molar-refractivity contribution >= 4 is 23.2 Å². The SMILES string of the molecule is Cc1ccccc1N(C)C(=O)c1ccc2c(c1)CC(=O)N2. The lowest BCUT2D eigenvalue weighted by Crippen LogP contribution is -2.26. The summed E-state index contributed by atoms with van der Waals surface area (Å²) in [5.41, 5.74) is 4.21. The molecule has 2 amide bonds. The maximum Gasteiger partial charge on any atom is 0.258 e. The first-order valence-corrected chi connectivity index (χ1v) is 6.83. The smallest absolute Gasteiger partial charge is 0.258 e. The van der Waals surface area contributed by atoms with Crippen LogP contribution in [0.15, 0.2) is 42.5 Å². The lowest BCUT2D eigenvalue weighted by atomic mass is 10.1. The number of rotatable bonds is 2. The molecule has 4 nitrogen and oxygen atoms in total. The van der Waals surface area contributed by atoms with Crippen molar-refractivity contribution in [2.45, 2.75) is 13.3 Å². The molecule has 0 atom stereocenters. The predicted octanol–water partition coefficient (Wildman–Crippen LogP) is 2.77. The Bertz CT molecular complexity index is 737. The molecule has 0 aromatic heterocycles. The Balaban J connectivity index is 1.91. The summed E-state index contributed by atoms with van der Waals surface area (Å²) < 4.78 is 0. The molecule has 0 aliphatic carbocycles. The first kappa shape index (κ1) is 13.4. The van der Waals surface area contributed by atoms with Gasteiger partial charge in [-0.1, -0.05) is 18.2 Å². The van der Waals surface area contributed by atoms with Gasteiger partial charge in [-0.15, -0.1) is 0 Å². The first-order chi connectivity index (χ1) is 10.1. The van der Waals surface area contributed by atoms with Crippen LogP contribution in [0.1, 0.15) is 21.5 Å². The fourth-order valence-corrected chi connectivity index (χ4v) is 2.61. The topological polar surface area (TPSA) is 49.4 Å². The number of amides is 2. The molecular weight excluding hydrogens is 264 g/mol. The van der Waals surface area contributed by atoms with Gasteiger partial charge in [0.1, 0.15) is 0 Å². The summed E-state index contributed by atoms with van der Waals surface area (Å²) in [6.07, 6.45) is 0.338. The van der Waals surface area contributed by atoms with Gasteiger partial charge in [-0.25, -0.2) is 0 Å². The summed E-state index contributed by atoms with van der Waals surface area (Å²) in [6, 6.07) is 13.1. The normalized spacial score (nSPS) is 12.8. The van der Waals surface area contributed by atoms with Crippen molar-refractivity contribution in [3.8, 4) is 0 Å². The highest BCUT2D eigenvalue weighted by molar-refractivity contribution is 6.07. The molecule has 1 heterocycles. The van der Waals surface area contributed by atoms with Crippen molar-refractivity contribution in [3.63, 3.8) is 0 Å². The van der Waals surface area contributed by atoms with Gasteiger partial charge >= 0.3 is 0 Å². The van der Waals surface area contributed by atoms with Crippen LogP contribution in [0.5, 0.6) is 0 Å². The Morgan fingerprint density at radius 1 is 1.19 bits per heavy atom. The average molecular weight is 280 g/mol. The largest absolute Gasteiger partial charge is 0.326 e. The monoisotopic (exact) mass is 280 g/mol. The lowest BCUT2D eigenvalue weighted by molar-refractivity contribution is -0.115. The van der Waals surface area contributed by atoms with Gasteiger partial charge in [0.15, 0.2) is 0 Å². The number of benzene rings is 2. The van der Waals surface area contributed by atoms with E-state index in [1.165, 1.54) is 0 Å². The zero-order valence-electron chi connectivity index (χ0n) is 12.0. The average Bonchev–Trinajstić information content (AvgIpc) is 2.85. The van der Waals surface area contributed by atoms with Crippen molar-refractivity contribution in [1.29, 1.82) is 0 Å². The maximum absolute atomic E-state index is 12.6.